The molecule has 0 atom stereocenters. The number of halogens is 1. The molecule has 28 heavy (non-hydrogen) atoms. The minimum atomic E-state index is 0.499. The molecule has 0 bridgehead atoms. The van der Waals surface area contributed by atoms with Crippen molar-refractivity contribution in [2.24, 2.45) is 0 Å². The van der Waals surface area contributed by atoms with Crippen LogP contribution in [-0.2, 0) is 6.54 Å². The second-order valence-electron chi connectivity index (χ2n) is 8.08. The standard InChI is InChI=1S/C23H39ClN4/c1-2-3-4-5-6-7-8-9-10-11-12-13-14-15-16-17-18-28-20-27-23-21(28)22(24)25-19-26-23/h19-20H,2-18H2,1H3. The molecule has 2 aromatic rings. The number of hydrogen-bond donors (Lipinski definition) is 0. The number of hydrogen-bond acceptors (Lipinski definition) is 3. The van der Waals surface area contributed by atoms with Crippen molar-refractivity contribution in [3.05, 3.63) is 17.8 Å². The summed E-state index contributed by atoms with van der Waals surface area (Å²) < 4.78 is 2.08. The van der Waals surface area contributed by atoms with E-state index < -0.39 is 0 Å². The lowest BCUT2D eigenvalue weighted by atomic mass is 10.0. The van der Waals surface area contributed by atoms with Crippen molar-refractivity contribution in [2.75, 3.05) is 0 Å². The Bertz CT molecular complexity index is 641. The van der Waals surface area contributed by atoms with E-state index in [-0.39, 0.29) is 0 Å². The summed E-state index contributed by atoms with van der Waals surface area (Å²) in [7, 11) is 0. The van der Waals surface area contributed by atoms with Crippen LogP contribution in [0.1, 0.15) is 110 Å². The van der Waals surface area contributed by atoms with Crippen molar-refractivity contribution in [3.8, 4) is 0 Å². The van der Waals surface area contributed by atoms with Crippen molar-refractivity contribution in [3.63, 3.8) is 0 Å². The first kappa shape index (κ1) is 23.1. The molecular weight excluding hydrogens is 368 g/mol. The SMILES string of the molecule is CCCCCCCCCCCCCCCCCCn1cnc2ncnc(Cl)c21. The Kier molecular flexibility index (Phi) is 12.2. The van der Waals surface area contributed by atoms with Crippen molar-refractivity contribution in [1.29, 1.82) is 0 Å². The van der Waals surface area contributed by atoms with Crippen molar-refractivity contribution < 1.29 is 0 Å². The first-order valence-corrected chi connectivity index (χ1v) is 12.0. The fourth-order valence-electron chi connectivity index (χ4n) is 3.87. The second kappa shape index (κ2) is 14.8. The highest BCUT2D eigenvalue weighted by atomic mass is 35.5. The molecule has 2 heterocycles. The van der Waals surface area contributed by atoms with Gasteiger partial charge in [0.05, 0.1) is 6.33 Å². The monoisotopic (exact) mass is 406 g/mol. The molecule has 0 aliphatic heterocycles. The molecule has 0 saturated carbocycles. The fourth-order valence-corrected chi connectivity index (χ4v) is 4.11. The number of unbranched alkanes of at least 4 members (excludes halogenated alkanes) is 15. The molecule has 0 aliphatic rings. The first-order chi connectivity index (χ1) is 13.8. The van der Waals surface area contributed by atoms with E-state index in [1.807, 2.05) is 6.33 Å². The predicted octanol–water partition coefficient (Wildman–Crippen LogP) is 7.74. The first-order valence-electron chi connectivity index (χ1n) is 11.6. The van der Waals surface area contributed by atoms with E-state index in [1.54, 1.807) is 0 Å². The van der Waals surface area contributed by atoms with Crippen LogP contribution in [0.4, 0.5) is 0 Å². The number of aryl methyl sites for hydroxylation is 1. The van der Waals surface area contributed by atoms with Crippen LogP contribution in [-0.4, -0.2) is 19.5 Å². The summed E-state index contributed by atoms with van der Waals surface area (Å²) in [4.78, 5) is 12.5. The Balaban J connectivity index is 1.37. The van der Waals surface area contributed by atoms with Crippen LogP contribution in [0, 0.1) is 0 Å². The predicted molar refractivity (Wildman–Crippen MR) is 120 cm³/mol. The minimum Gasteiger partial charge on any atom is -0.327 e. The van der Waals surface area contributed by atoms with Gasteiger partial charge >= 0.3 is 0 Å². The lowest BCUT2D eigenvalue weighted by molar-refractivity contribution is 0.522. The maximum Gasteiger partial charge on any atom is 0.182 e. The van der Waals surface area contributed by atoms with E-state index >= 15 is 0 Å². The molecule has 5 heteroatoms. The van der Waals surface area contributed by atoms with E-state index in [2.05, 4.69) is 26.4 Å². The number of fused-ring (bicyclic) bond motifs is 1. The second-order valence-corrected chi connectivity index (χ2v) is 8.44. The maximum atomic E-state index is 6.17. The summed E-state index contributed by atoms with van der Waals surface area (Å²) in [5.41, 5.74) is 1.56. The normalized spacial score (nSPS) is 11.5. The van der Waals surface area contributed by atoms with Gasteiger partial charge in [-0.15, -0.1) is 0 Å². The molecule has 0 aliphatic carbocycles. The van der Waals surface area contributed by atoms with E-state index in [9.17, 15) is 0 Å². The Morgan fingerprint density at radius 2 is 1.18 bits per heavy atom. The van der Waals surface area contributed by atoms with Gasteiger partial charge in [-0.1, -0.05) is 115 Å². The van der Waals surface area contributed by atoms with Gasteiger partial charge in [-0.05, 0) is 6.42 Å². The Labute approximate surface area is 176 Å². The van der Waals surface area contributed by atoms with Crippen molar-refractivity contribution in [1.82, 2.24) is 19.5 Å². The average molecular weight is 407 g/mol. The highest BCUT2D eigenvalue weighted by Crippen LogP contribution is 2.19. The molecule has 0 radical (unpaired) electrons. The molecule has 0 unspecified atom stereocenters. The quantitative estimate of drug-likeness (QED) is 0.199. The third-order valence-electron chi connectivity index (χ3n) is 5.62. The molecule has 4 nitrogen and oxygen atoms in total. The minimum absolute atomic E-state index is 0.499. The van der Waals surface area contributed by atoms with Crippen molar-refractivity contribution >= 4 is 22.8 Å². The highest BCUT2D eigenvalue weighted by Gasteiger charge is 2.08. The van der Waals surface area contributed by atoms with E-state index in [0.717, 1.165) is 18.5 Å². The lowest BCUT2D eigenvalue weighted by Crippen LogP contribution is -1.97. The van der Waals surface area contributed by atoms with Crippen LogP contribution < -0.4 is 0 Å². The molecule has 2 aromatic heterocycles. The van der Waals surface area contributed by atoms with E-state index in [1.165, 1.54) is 103 Å². The van der Waals surface area contributed by atoms with Crippen LogP contribution in [0.15, 0.2) is 12.7 Å². The van der Waals surface area contributed by atoms with E-state index in [0.29, 0.717) is 10.8 Å². The summed E-state index contributed by atoms with van der Waals surface area (Å²) in [6.07, 6.45) is 25.6. The van der Waals surface area contributed by atoms with Crippen molar-refractivity contribution in [2.45, 2.75) is 116 Å². The largest absolute Gasteiger partial charge is 0.327 e. The zero-order valence-electron chi connectivity index (χ0n) is 17.8. The van der Waals surface area contributed by atoms with Crippen LogP contribution in [0.2, 0.25) is 5.15 Å². The summed E-state index contributed by atoms with van der Waals surface area (Å²) >= 11 is 6.17. The van der Waals surface area contributed by atoms with Gasteiger partial charge < -0.3 is 4.57 Å². The number of rotatable bonds is 17. The van der Waals surface area contributed by atoms with Crippen LogP contribution >= 0.6 is 11.6 Å². The van der Waals surface area contributed by atoms with E-state index in [4.69, 9.17) is 11.6 Å². The average Bonchev–Trinajstić information content (AvgIpc) is 3.12. The maximum absolute atomic E-state index is 6.17. The molecule has 158 valence electrons. The molecule has 0 amide bonds. The lowest BCUT2D eigenvalue weighted by Gasteiger charge is -2.05. The number of imidazole rings is 1. The highest BCUT2D eigenvalue weighted by molar-refractivity contribution is 6.33. The Morgan fingerprint density at radius 1 is 0.679 bits per heavy atom. The van der Waals surface area contributed by atoms with Gasteiger partial charge in [0.15, 0.2) is 10.8 Å². The van der Waals surface area contributed by atoms with Gasteiger partial charge in [0.1, 0.15) is 11.8 Å². The van der Waals surface area contributed by atoms with Crippen LogP contribution in [0.5, 0.6) is 0 Å². The fraction of sp³-hybridized carbons (Fsp3) is 0.783. The van der Waals surface area contributed by atoms with Gasteiger partial charge in [-0.3, -0.25) is 0 Å². The third kappa shape index (κ3) is 8.89. The number of nitrogens with zero attached hydrogens (tertiary/aromatic N) is 4. The van der Waals surface area contributed by atoms with Gasteiger partial charge in [0.2, 0.25) is 0 Å². The summed E-state index contributed by atoms with van der Waals surface area (Å²) in [5, 5.41) is 0.499. The molecule has 0 aromatic carbocycles. The summed E-state index contributed by atoms with van der Waals surface area (Å²) in [6.45, 7) is 3.23. The van der Waals surface area contributed by atoms with Gasteiger partial charge in [-0.2, -0.15) is 0 Å². The molecule has 0 fully saturated rings. The molecule has 0 spiro atoms. The zero-order valence-corrected chi connectivity index (χ0v) is 18.6. The van der Waals surface area contributed by atoms with Crippen LogP contribution in [0.25, 0.3) is 11.2 Å². The molecule has 2 rings (SSSR count). The van der Waals surface area contributed by atoms with Gasteiger partial charge in [-0.25, -0.2) is 15.0 Å². The van der Waals surface area contributed by atoms with Gasteiger partial charge in [0.25, 0.3) is 0 Å². The Morgan fingerprint density at radius 3 is 1.71 bits per heavy atom. The molecule has 0 saturated heterocycles. The zero-order chi connectivity index (χ0) is 19.9. The third-order valence-corrected chi connectivity index (χ3v) is 5.89. The van der Waals surface area contributed by atoms with Gasteiger partial charge in [0, 0.05) is 6.54 Å². The summed E-state index contributed by atoms with van der Waals surface area (Å²) in [6, 6.07) is 0. The smallest absolute Gasteiger partial charge is 0.182 e. The summed E-state index contributed by atoms with van der Waals surface area (Å²) in [5.74, 6) is 0. The topological polar surface area (TPSA) is 43.6 Å². The van der Waals surface area contributed by atoms with Crippen LogP contribution in [0.3, 0.4) is 0 Å². The molecular formula is C23H39ClN4. The molecule has 0 N–H and O–H groups in total. The Hall–Kier alpha value is -1.16. The number of aromatic nitrogens is 4.